The van der Waals surface area contributed by atoms with Gasteiger partial charge in [0.05, 0.1) is 25.4 Å². The second-order valence-corrected chi connectivity index (χ2v) is 16.1. The van der Waals surface area contributed by atoms with Gasteiger partial charge in [-0.05, 0) is 57.8 Å². The first-order valence-electron chi connectivity index (χ1n) is 23.6. The lowest BCUT2D eigenvalue weighted by atomic mass is 10.0. The van der Waals surface area contributed by atoms with Gasteiger partial charge >= 0.3 is 5.97 Å². The SMILES string of the molecule is CCCCC/C=C\CCCCCCCC(=O)OCCCCCCCCCCCCCC(=O)NC(CO)C(O)/C=C/CCCCCCCCCCCCCC. The third kappa shape index (κ3) is 40.0. The minimum Gasteiger partial charge on any atom is -0.466 e. The number of hydrogen-bond acceptors (Lipinski definition) is 5. The van der Waals surface area contributed by atoms with E-state index in [2.05, 4.69) is 31.3 Å². The van der Waals surface area contributed by atoms with Gasteiger partial charge in [0.1, 0.15) is 0 Å². The lowest BCUT2D eigenvalue weighted by Gasteiger charge is -2.20. The van der Waals surface area contributed by atoms with Crippen LogP contribution >= 0.6 is 0 Å². The van der Waals surface area contributed by atoms with Crippen LogP contribution in [0.15, 0.2) is 24.3 Å². The molecule has 0 heterocycles. The number of carbonyl (C=O) groups is 2. The summed E-state index contributed by atoms with van der Waals surface area (Å²) in [6, 6.07) is -0.641. The molecule has 318 valence electrons. The van der Waals surface area contributed by atoms with Crippen LogP contribution in [0.1, 0.15) is 245 Å². The molecule has 0 aromatic carbocycles. The second kappa shape index (κ2) is 44.1. The van der Waals surface area contributed by atoms with E-state index < -0.39 is 12.1 Å². The molecule has 0 aliphatic rings. The maximum absolute atomic E-state index is 12.4. The van der Waals surface area contributed by atoms with Gasteiger partial charge < -0.3 is 20.3 Å². The first kappa shape index (κ1) is 52.3. The minimum atomic E-state index is -0.855. The molecule has 2 atom stereocenters. The lowest BCUT2D eigenvalue weighted by Crippen LogP contribution is -2.45. The van der Waals surface area contributed by atoms with Gasteiger partial charge in [-0.2, -0.15) is 0 Å². The largest absolute Gasteiger partial charge is 0.466 e. The highest BCUT2D eigenvalue weighted by Crippen LogP contribution is 2.15. The number of aliphatic hydroxyl groups excluding tert-OH is 2. The molecular weight excluding hydrogens is 671 g/mol. The molecule has 0 aliphatic carbocycles. The molecule has 0 fully saturated rings. The third-order valence-corrected chi connectivity index (χ3v) is 10.7. The molecule has 6 nitrogen and oxygen atoms in total. The van der Waals surface area contributed by atoms with E-state index in [4.69, 9.17) is 4.74 Å². The molecule has 2 unspecified atom stereocenters. The Hall–Kier alpha value is -1.66. The number of allylic oxidation sites excluding steroid dienone is 3. The van der Waals surface area contributed by atoms with Crippen molar-refractivity contribution in [1.82, 2.24) is 5.32 Å². The number of carbonyl (C=O) groups excluding carboxylic acids is 2. The van der Waals surface area contributed by atoms with Crippen molar-refractivity contribution in [3.05, 3.63) is 24.3 Å². The van der Waals surface area contributed by atoms with E-state index in [1.165, 1.54) is 161 Å². The number of esters is 1. The molecule has 0 radical (unpaired) electrons. The highest BCUT2D eigenvalue weighted by atomic mass is 16.5. The second-order valence-electron chi connectivity index (χ2n) is 16.1. The highest BCUT2D eigenvalue weighted by Gasteiger charge is 2.18. The molecule has 54 heavy (non-hydrogen) atoms. The van der Waals surface area contributed by atoms with E-state index in [-0.39, 0.29) is 18.5 Å². The predicted molar refractivity (Wildman–Crippen MR) is 232 cm³/mol. The molecule has 3 N–H and O–H groups in total. The average molecular weight is 762 g/mol. The number of aliphatic hydroxyl groups is 2. The van der Waals surface area contributed by atoms with Gasteiger partial charge in [-0.25, -0.2) is 0 Å². The first-order chi connectivity index (χ1) is 26.5. The van der Waals surface area contributed by atoms with Crippen LogP contribution in [0.3, 0.4) is 0 Å². The van der Waals surface area contributed by atoms with Crippen LogP contribution in [0.25, 0.3) is 0 Å². The topological polar surface area (TPSA) is 95.9 Å². The monoisotopic (exact) mass is 762 g/mol. The zero-order chi connectivity index (χ0) is 39.4. The maximum atomic E-state index is 12.4. The van der Waals surface area contributed by atoms with Crippen molar-refractivity contribution >= 4 is 11.9 Å². The van der Waals surface area contributed by atoms with Crippen LogP contribution in [0.4, 0.5) is 0 Å². The standard InChI is InChI=1S/C48H91NO5/c1-3-5-7-9-11-13-15-17-18-20-24-28-32-36-40-46(51)45(44-50)49-47(52)41-37-33-29-25-21-19-23-27-31-35-39-43-54-48(53)42-38-34-30-26-22-16-14-12-10-8-6-4-2/h12,14,36,40,45-46,50-51H,3-11,13,15-35,37-39,41-44H2,1-2H3,(H,49,52)/b14-12-,40-36+. The van der Waals surface area contributed by atoms with Crippen molar-refractivity contribution in [3.8, 4) is 0 Å². The van der Waals surface area contributed by atoms with Gasteiger partial charge in [-0.15, -0.1) is 0 Å². The van der Waals surface area contributed by atoms with Crippen LogP contribution in [-0.4, -0.2) is 47.4 Å². The Morgan fingerprint density at radius 3 is 1.35 bits per heavy atom. The molecule has 0 saturated carbocycles. The zero-order valence-electron chi connectivity index (χ0n) is 36.0. The van der Waals surface area contributed by atoms with Crippen molar-refractivity contribution in [2.75, 3.05) is 13.2 Å². The summed E-state index contributed by atoms with van der Waals surface area (Å²) in [5, 5.41) is 23.0. The quantitative estimate of drug-likeness (QED) is 0.0327. The number of hydrogen-bond donors (Lipinski definition) is 3. The summed E-state index contributed by atoms with van der Waals surface area (Å²) < 4.78 is 5.43. The van der Waals surface area contributed by atoms with Crippen molar-refractivity contribution < 1.29 is 24.5 Å². The van der Waals surface area contributed by atoms with Gasteiger partial charge in [0.2, 0.25) is 5.91 Å². The molecule has 0 aromatic heterocycles. The van der Waals surface area contributed by atoms with Crippen molar-refractivity contribution in [2.24, 2.45) is 0 Å². The fourth-order valence-corrected chi connectivity index (χ4v) is 7.04. The minimum absolute atomic E-state index is 0.0261. The van der Waals surface area contributed by atoms with E-state index in [1.54, 1.807) is 6.08 Å². The molecular formula is C48H91NO5. The summed E-state index contributed by atoms with van der Waals surface area (Å²) in [5.74, 6) is -0.114. The molecule has 0 aliphatic heterocycles. The Bertz CT molecular complexity index is 843. The van der Waals surface area contributed by atoms with Crippen LogP contribution in [-0.2, 0) is 14.3 Å². The Morgan fingerprint density at radius 1 is 0.500 bits per heavy atom. The van der Waals surface area contributed by atoms with Crippen LogP contribution in [0.5, 0.6) is 0 Å². The molecule has 0 rings (SSSR count). The fraction of sp³-hybridized carbons (Fsp3) is 0.875. The van der Waals surface area contributed by atoms with E-state index in [0.29, 0.717) is 19.4 Å². The Kier molecular flexibility index (Phi) is 42.7. The Balaban J connectivity index is 3.53. The summed E-state index contributed by atoms with van der Waals surface area (Å²) in [7, 11) is 0. The highest BCUT2D eigenvalue weighted by molar-refractivity contribution is 5.76. The summed E-state index contributed by atoms with van der Waals surface area (Å²) in [4.78, 5) is 24.4. The van der Waals surface area contributed by atoms with E-state index in [9.17, 15) is 19.8 Å². The van der Waals surface area contributed by atoms with Gasteiger partial charge in [0, 0.05) is 12.8 Å². The van der Waals surface area contributed by atoms with Crippen molar-refractivity contribution in [1.29, 1.82) is 0 Å². The van der Waals surface area contributed by atoms with Crippen LogP contribution in [0, 0.1) is 0 Å². The normalized spacial score (nSPS) is 12.9. The average Bonchev–Trinajstić information content (AvgIpc) is 3.17. The first-order valence-corrected chi connectivity index (χ1v) is 23.6. The molecule has 6 heteroatoms. The van der Waals surface area contributed by atoms with Crippen LogP contribution in [0.2, 0.25) is 0 Å². The van der Waals surface area contributed by atoms with Gasteiger partial charge in [-0.1, -0.05) is 199 Å². The van der Waals surface area contributed by atoms with Gasteiger partial charge in [0.15, 0.2) is 0 Å². The summed E-state index contributed by atoms with van der Waals surface area (Å²) in [6.45, 7) is 4.82. The van der Waals surface area contributed by atoms with Crippen LogP contribution < -0.4 is 5.32 Å². The molecule has 0 spiro atoms. The Morgan fingerprint density at radius 2 is 0.870 bits per heavy atom. The molecule has 1 amide bonds. The predicted octanol–water partition coefficient (Wildman–Crippen LogP) is 13.6. The third-order valence-electron chi connectivity index (χ3n) is 10.7. The van der Waals surface area contributed by atoms with E-state index >= 15 is 0 Å². The van der Waals surface area contributed by atoms with E-state index in [0.717, 1.165) is 57.8 Å². The molecule has 0 aromatic rings. The van der Waals surface area contributed by atoms with E-state index in [1.807, 2.05) is 6.08 Å². The summed E-state index contributed by atoms with van der Waals surface area (Å²) >= 11 is 0. The van der Waals surface area contributed by atoms with Crippen molar-refractivity contribution in [2.45, 2.75) is 257 Å². The number of ether oxygens (including phenoxy) is 1. The Labute approximate surface area is 335 Å². The lowest BCUT2D eigenvalue weighted by molar-refractivity contribution is -0.143. The zero-order valence-corrected chi connectivity index (χ0v) is 36.0. The fourth-order valence-electron chi connectivity index (χ4n) is 7.04. The number of amides is 1. The summed E-state index contributed by atoms with van der Waals surface area (Å²) in [5.41, 5.74) is 0. The number of nitrogens with one attached hydrogen (secondary N) is 1. The maximum Gasteiger partial charge on any atom is 0.305 e. The molecule has 0 bridgehead atoms. The van der Waals surface area contributed by atoms with Crippen molar-refractivity contribution in [3.63, 3.8) is 0 Å². The number of rotatable bonds is 43. The van der Waals surface area contributed by atoms with Gasteiger partial charge in [-0.3, -0.25) is 9.59 Å². The molecule has 0 saturated heterocycles. The smallest absolute Gasteiger partial charge is 0.305 e. The number of unbranched alkanes of at least 4 members (excludes halogenated alkanes) is 30. The van der Waals surface area contributed by atoms with Gasteiger partial charge in [0.25, 0.3) is 0 Å². The summed E-state index contributed by atoms with van der Waals surface area (Å²) in [6.07, 6.45) is 50.1.